The second-order valence-corrected chi connectivity index (χ2v) is 7.24. The van der Waals surface area contributed by atoms with Crippen LogP contribution in [-0.2, 0) is 17.6 Å². The Morgan fingerprint density at radius 1 is 1.17 bits per heavy atom. The van der Waals surface area contributed by atoms with Crippen molar-refractivity contribution in [1.29, 1.82) is 0 Å². The van der Waals surface area contributed by atoms with Gasteiger partial charge in [0.05, 0.1) is 17.2 Å². The highest BCUT2D eigenvalue weighted by Crippen LogP contribution is 2.40. The van der Waals surface area contributed by atoms with Crippen molar-refractivity contribution in [2.24, 2.45) is 0 Å². The summed E-state index contributed by atoms with van der Waals surface area (Å²) in [5.74, 6) is 0. The van der Waals surface area contributed by atoms with Crippen LogP contribution in [0.1, 0.15) is 42.1 Å². The lowest BCUT2D eigenvalue weighted by Crippen LogP contribution is -2.37. The van der Waals surface area contributed by atoms with E-state index in [1.165, 1.54) is 5.57 Å². The number of hydrogen-bond acceptors (Lipinski definition) is 5. The van der Waals surface area contributed by atoms with Gasteiger partial charge in [-0.2, -0.15) is 0 Å². The van der Waals surface area contributed by atoms with Gasteiger partial charge in [-0.1, -0.05) is 23.8 Å². The first-order valence-corrected chi connectivity index (χ1v) is 9.94. The maximum Gasteiger partial charge on any atom is 0.409 e. The van der Waals surface area contributed by atoms with Crippen molar-refractivity contribution in [1.82, 2.24) is 9.88 Å². The van der Waals surface area contributed by atoms with E-state index in [2.05, 4.69) is 4.98 Å². The van der Waals surface area contributed by atoms with Crippen LogP contribution in [-0.4, -0.2) is 40.6 Å². The third-order valence-corrected chi connectivity index (χ3v) is 5.64. The highest BCUT2D eigenvalue weighted by molar-refractivity contribution is 5.86. The van der Waals surface area contributed by atoms with Crippen LogP contribution >= 0.6 is 0 Å². The molecular formula is C22H23N3O4. The molecule has 0 unspecified atom stereocenters. The zero-order chi connectivity index (χ0) is 20.4. The molecule has 2 aromatic rings. The van der Waals surface area contributed by atoms with Crippen molar-refractivity contribution in [3.8, 4) is 0 Å². The number of piperidine rings is 1. The Balaban J connectivity index is 1.81. The first-order chi connectivity index (χ1) is 14.1. The van der Waals surface area contributed by atoms with Gasteiger partial charge in [0.2, 0.25) is 0 Å². The zero-order valence-corrected chi connectivity index (χ0v) is 16.4. The Labute approximate surface area is 169 Å². The molecule has 0 atom stereocenters. The number of pyridine rings is 1. The van der Waals surface area contributed by atoms with Gasteiger partial charge in [0, 0.05) is 36.5 Å². The van der Waals surface area contributed by atoms with Crippen molar-refractivity contribution in [3.63, 3.8) is 0 Å². The molecule has 1 aromatic carbocycles. The summed E-state index contributed by atoms with van der Waals surface area (Å²) in [5.41, 5.74) is 6.04. The smallest absolute Gasteiger partial charge is 0.409 e. The zero-order valence-electron chi connectivity index (χ0n) is 16.4. The van der Waals surface area contributed by atoms with Crippen LogP contribution in [0.4, 0.5) is 10.5 Å². The molecule has 2 heterocycles. The molecule has 2 aliphatic rings. The average molecular weight is 393 g/mol. The Hall–Kier alpha value is -3.22. The summed E-state index contributed by atoms with van der Waals surface area (Å²) in [6.07, 6.45) is 4.21. The van der Waals surface area contributed by atoms with Crippen LogP contribution in [0.25, 0.3) is 5.57 Å². The quantitative estimate of drug-likeness (QED) is 0.565. The van der Waals surface area contributed by atoms with E-state index in [-0.39, 0.29) is 16.7 Å². The molecule has 0 bridgehead atoms. The number of hydrogen-bond donors (Lipinski definition) is 0. The summed E-state index contributed by atoms with van der Waals surface area (Å²) in [5, 5.41) is 11.6. The molecule has 0 saturated carbocycles. The Bertz CT molecular complexity index is 989. The largest absolute Gasteiger partial charge is 0.450 e. The number of carbonyl (C=O) groups is 1. The summed E-state index contributed by atoms with van der Waals surface area (Å²) in [7, 11) is 0. The number of amides is 1. The molecule has 1 fully saturated rings. The summed E-state index contributed by atoms with van der Waals surface area (Å²) in [4.78, 5) is 29.8. The van der Waals surface area contributed by atoms with E-state index < -0.39 is 0 Å². The Kier molecular flexibility index (Phi) is 5.29. The number of aromatic nitrogens is 1. The third kappa shape index (κ3) is 3.60. The topological polar surface area (TPSA) is 85.6 Å². The van der Waals surface area contributed by atoms with Gasteiger partial charge in [0.1, 0.15) is 0 Å². The van der Waals surface area contributed by atoms with Gasteiger partial charge in [-0.3, -0.25) is 15.1 Å². The fourth-order valence-electron chi connectivity index (χ4n) is 4.28. The lowest BCUT2D eigenvalue weighted by atomic mass is 9.88. The number of benzene rings is 1. The highest BCUT2D eigenvalue weighted by atomic mass is 16.6. The summed E-state index contributed by atoms with van der Waals surface area (Å²) < 4.78 is 5.12. The molecule has 0 spiro atoms. The van der Waals surface area contributed by atoms with E-state index in [1.54, 1.807) is 30.2 Å². The molecule has 1 aliphatic carbocycles. The minimum absolute atomic E-state index is 0.164. The molecule has 150 valence electrons. The fraction of sp³-hybridized carbons (Fsp3) is 0.364. The molecule has 29 heavy (non-hydrogen) atoms. The van der Waals surface area contributed by atoms with Crippen molar-refractivity contribution in [2.45, 2.75) is 32.6 Å². The normalized spacial score (nSPS) is 16.0. The minimum Gasteiger partial charge on any atom is -0.450 e. The number of rotatable bonds is 2. The Morgan fingerprint density at radius 2 is 1.97 bits per heavy atom. The van der Waals surface area contributed by atoms with E-state index in [9.17, 15) is 14.9 Å². The number of ether oxygens (including phenoxy) is 1. The molecule has 1 saturated heterocycles. The van der Waals surface area contributed by atoms with E-state index >= 15 is 0 Å². The lowest BCUT2D eigenvalue weighted by molar-refractivity contribution is -0.385. The SMILES string of the molecule is CCOC(=O)N1CCC(=C2c3cccc([N+](=O)[O-])c3CCc3cccnc32)CC1. The van der Waals surface area contributed by atoms with Crippen molar-refractivity contribution in [3.05, 3.63) is 74.6 Å². The van der Waals surface area contributed by atoms with Crippen molar-refractivity contribution < 1.29 is 14.5 Å². The van der Waals surface area contributed by atoms with Crippen LogP contribution in [0.2, 0.25) is 0 Å². The molecule has 1 aromatic heterocycles. The minimum atomic E-state index is -0.298. The number of fused-ring (bicyclic) bond motifs is 2. The summed E-state index contributed by atoms with van der Waals surface area (Å²) >= 11 is 0. The standard InChI is InChI=1S/C22H23N3O4/c1-2-29-22(26)24-13-10-15(11-14-24)20-18-6-3-7-19(25(27)28)17(18)9-8-16-5-4-12-23-21(16)20/h3-7,12H,2,8-11,13-14H2,1H3. The number of nitro groups is 1. The van der Waals surface area contributed by atoms with Gasteiger partial charge in [-0.15, -0.1) is 0 Å². The molecular weight excluding hydrogens is 370 g/mol. The summed E-state index contributed by atoms with van der Waals surface area (Å²) in [6.45, 7) is 3.30. The first-order valence-electron chi connectivity index (χ1n) is 9.94. The summed E-state index contributed by atoms with van der Waals surface area (Å²) in [6, 6.07) is 9.25. The number of aryl methyl sites for hydroxylation is 1. The van der Waals surface area contributed by atoms with E-state index in [0.29, 0.717) is 45.4 Å². The molecule has 7 nitrogen and oxygen atoms in total. The third-order valence-electron chi connectivity index (χ3n) is 5.64. The van der Waals surface area contributed by atoms with Gasteiger partial charge in [-0.25, -0.2) is 4.79 Å². The fourth-order valence-corrected chi connectivity index (χ4v) is 4.28. The number of nitrogens with zero attached hydrogens (tertiary/aromatic N) is 3. The van der Waals surface area contributed by atoms with Gasteiger partial charge in [-0.05, 0) is 49.8 Å². The maximum absolute atomic E-state index is 12.1. The van der Waals surface area contributed by atoms with Crippen LogP contribution in [0.15, 0.2) is 42.1 Å². The predicted octanol–water partition coefficient (Wildman–Crippen LogP) is 4.14. The number of nitro benzene ring substituents is 1. The molecule has 1 aliphatic heterocycles. The highest BCUT2D eigenvalue weighted by Gasteiger charge is 2.29. The molecule has 1 amide bonds. The van der Waals surface area contributed by atoms with Crippen LogP contribution in [0, 0.1) is 10.1 Å². The van der Waals surface area contributed by atoms with Crippen LogP contribution in [0.5, 0.6) is 0 Å². The van der Waals surface area contributed by atoms with Gasteiger partial charge in [0.15, 0.2) is 0 Å². The van der Waals surface area contributed by atoms with E-state index in [4.69, 9.17) is 4.74 Å². The maximum atomic E-state index is 12.1. The second-order valence-electron chi connectivity index (χ2n) is 7.24. The number of carbonyl (C=O) groups excluding carboxylic acids is 1. The second kappa shape index (κ2) is 8.03. The van der Waals surface area contributed by atoms with Gasteiger partial charge >= 0.3 is 6.09 Å². The van der Waals surface area contributed by atoms with Crippen molar-refractivity contribution >= 4 is 17.4 Å². The van der Waals surface area contributed by atoms with Crippen LogP contribution < -0.4 is 0 Å². The Morgan fingerprint density at radius 3 is 2.69 bits per heavy atom. The molecule has 7 heteroatoms. The molecule has 0 radical (unpaired) electrons. The van der Waals surface area contributed by atoms with Crippen molar-refractivity contribution in [2.75, 3.05) is 19.7 Å². The number of likely N-dealkylation sites (tertiary alicyclic amines) is 1. The average Bonchev–Trinajstić information content (AvgIpc) is 2.90. The van der Waals surface area contributed by atoms with Crippen LogP contribution in [0.3, 0.4) is 0 Å². The monoisotopic (exact) mass is 393 g/mol. The van der Waals surface area contributed by atoms with E-state index in [1.807, 2.05) is 18.2 Å². The first kappa shape index (κ1) is 19.1. The lowest BCUT2D eigenvalue weighted by Gasteiger charge is -2.29. The predicted molar refractivity (Wildman–Crippen MR) is 109 cm³/mol. The molecule has 4 rings (SSSR count). The van der Waals surface area contributed by atoms with Gasteiger partial charge < -0.3 is 9.64 Å². The molecule has 0 N–H and O–H groups in total. The van der Waals surface area contributed by atoms with Gasteiger partial charge in [0.25, 0.3) is 5.69 Å². The van der Waals surface area contributed by atoms with E-state index in [0.717, 1.165) is 28.0 Å².